The average molecular weight is 343 g/mol. The molecule has 0 unspecified atom stereocenters. The normalized spacial score (nSPS) is 11.8. The fourth-order valence-electron chi connectivity index (χ4n) is 2.58. The van der Waals surface area contributed by atoms with Crippen LogP contribution in [0.2, 0.25) is 0 Å². The van der Waals surface area contributed by atoms with Gasteiger partial charge in [-0.3, -0.25) is 14.9 Å². The van der Waals surface area contributed by atoms with Crippen molar-refractivity contribution in [2.45, 2.75) is 6.04 Å². The van der Waals surface area contributed by atoms with Gasteiger partial charge in [0.25, 0.3) is 5.69 Å². The molecule has 0 bridgehead atoms. The monoisotopic (exact) mass is 343 g/mol. The van der Waals surface area contributed by atoms with E-state index in [1.807, 2.05) is 43.3 Å². The summed E-state index contributed by atoms with van der Waals surface area (Å²) in [5.74, 6) is 0.755. The number of nitrogens with zero attached hydrogens (tertiary/aromatic N) is 2. The largest absolute Gasteiger partial charge is 0.497 e. The number of rotatable bonds is 8. The van der Waals surface area contributed by atoms with Crippen LogP contribution in [0.25, 0.3) is 0 Å². The maximum Gasteiger partial charge on any atom is 0.293 e. The Kier molecular flexibility index (Phi) is 6.08. The van der Waals surface area contributed by atoms with E-state index in [4.69, 9.17) is 4.74 Å². The van der Waals surface area contributed by atoms with E-state index in [1.54, 1.807) is 19.2 Å². The zero-order valence-electron chi connectivity index (χ0n) is 14.4. The first-order valence-corrected chi connectivity index (χ1v) is 7.74. The van der Waals surface area contributed by atoms with Crippen LogP contribution in [-0.4, -0.2) is 43.9 Å². The number of aldehydes is 1. The van der Waals surface area contributed by atoms with Crippen LogP contribution in [0.15, 0.2) is 42.5 Å². The lowest BCUT2D eigenvalue weighted by Crippen LogP contribution is -2.27. The van der Waals surface area contributed by atoms with Crippen molar-refractivity contribution in [3.63, 3.8) is 0 Å². The van der Waals surface area contributed by atoms with E-state index in [9.17, 15) is 14.9 Å². The number of benzene rings is 2. The van der Waals surface area contributed by atoms with Gasteiger partial charge in [0, 0.05) is 18.2 Å². The minimum Gasteiger partial charge on any atom is -0.497 e. The number of hydrogen-bond acceptors (Lipinski definition) is 6. The maximum atomic E-state index is 11.2. The summed E-state index contributed by atoms with van der Waals surface area (Å²) in [5, 5.41) is 14.4. The fraction of sp³-hybridized carbons (Fsp3) is 0.278. The van der Waals surface area contributed by atoms with Crippen molar-refractivity contribution in [2.24, 2.45) is 0 Å². The molecule has 0 aliphatic rings. The highest BCUT2D eigenvalue weighted by Gasteiger charge is 2.18. The molecular formula is C18H21N3O4. The summed E-state index contributed by atoms with van der Waals surface area (Å²) in [5.41, 5.74) is 1.57. The third-order valence-electron chi connectivity index (χ3n) is 3.94. The van der Waals surface area contributed by atoms with Gasteiger partial charge in [0.2, 0.25) is 0 Å². The number of methoxy groups -OCH3 is 1. The standard InChI is InChI=1S/C18H21N3O4/c1-20(2)18(14-5-4-6-15(10-14)25-3)11-19-16-8-7-13(12-22)9-17(16)21(23)24/h4-10,12,18-19H,11H2,1-3H3/t18-/m0/s1. The molecule has 0 aliphatic carbocycles. The molecule has 0 saturated carbocycles. The summed E-state index contributed by atoms with van der Waals surface area (Å²) in [6, 6.07) is 12.1. The molecule has 25 heavy (non-hydrogen) atoms. The summed E-state index contributed by atoms with van der Waals surface area (Å²) < 4.78 is 5.26. The van der Waals surface area contributed by atoms with Gasteiger partial charge in [0.1, 0.15) is 17.7 Å². The third-order valence-corrected chi connectivity index (χ3v) is 3.94. The first kappa shape index (κ1) is 18.4. The van der Waals surface area contributed by atoms with Gasteiger partial charge in [0.15, 0.2) is 0 Å². The number of carbonyl (C=O) groups is 1. The number of carbonyl (C=O) groups excluding carboxylic acids is 1. The number of nitrogens with one attached hydrogen (secondary N) is 1. The van der Waals surface area contributed by atoms with E-state index in [0.29, 0.717) is 18.5 Å². The molecule has 0 aliphatic heterocycles. The van der Waals surface area contributed by atoms with Crippen molar-refractivity contribution in [3.05, 3.63) is 63.7 Å². The number of ether oxygens (including phenoxy) is 1. The minimum absolute atomic E-state index is 0.0135. The summed E-state index contributed by atoms with van der Waals surface area (Å²) in [7, 11) is 5.49. The molecule has 0 saturated heterocycles. The number of nitro benzene ring substituents is 1. The SMILES string of the molecule is COc1cccc([C@H](CNc2ccc(C=O)cc2[N+](=O)[O-])N(C)C)c1. The summed E-state index contributed by atoms with van der Waals surface area (Å²) in [4.78, 5) is 23.6. The Morgan fingerprint density at radius 1 is 1.28 bits per heavy atom. The lowest BCUT2D eigenvalue weighted by molar-refractivity contribution is -0.384. The van der Waals surface area contributed by atoms with E-state index in [0.717, 1.165) is 11.3 Å². The first-order valence-electron chi connectivity index (χ1n) is 7.74. The Bertz CT molecular complexity index is 762. The molecule has 7 heteroatoms. The molecule has 2 rings (SSSR count). The van der Waals surface area contributed by atoms with Gasteiger partial charge in [-0.05, 0) is 43.9 Å². The van der Waals surface area contributed by atoms with Gasteiger partial charge in [-0.2, -0.15) is 0 Å². The van der Waals surface area contributed by atoms with E-state index >= 15 is 0 Å². The van der Waals surface area contributed by atoms with E-state index in [2.05, 4.69) is 5.32 Å². The topological polar surface area (TPSA) is 84.7 Å². The molecule has 2 aromatic carbocycles. The Labute approximate surface area is 146 Å². The van der Waals surface area contributed by atoms with E-state index in [1.165, 1.54) is 6.07 Å². The number of hydrogen-bond donors (Lipinski definition) is 1. The molecule has 0 amide bonds. The third kappa shape index (κ3) is 4.54. The molecule has 1 atom stereocenters. The van der Waals surface area contributed by atoms with Crippen molar-refractivity contribution in [1.29, 1.82) is 0 Å². The predicted octanol–water partition coefficient (Wildman–Crippen LogP) is 3.13. The molecule has 0 aromatic heterocycles. The fourth-order valence-corrected chi connectivity index (χ4v) is 2.58. The highest BCUT2D eigenvalue weighted by Crippen LogP contribution is 2.28. The van der Waals surface area contributed by atoms with Gasteiger partial charge in [-0.1, -0.05) is 12.1 Å². The van der Waals surface area contributed by atoms with Crippen molar-refractivity contribution in [2.75, 3.05) is 33.1 Å². The van der Waals surface area contributed by atoms with Crippen LogP contribution < -0.4 is 10.1 Å². The quantitative estimate of drug-likeness (QED) is 0.450. The highest BCUT2D eigenvalue weighted by molar-refractivity contribution is 5.79. The molecule has 0 heterocycles. The van der Waals surface area contributed by atoms with Gasteiger partial charge < -0.3 is 15.0 Å². The van der Waals surface area contributed by atoms with Crippen molar-refractivity contribution < 1.29 is 14.5 Å². The molecule has 7 nitrogen and oxygen atoms in total. The van der Waals surface area contributed by atoms with Gasteiger partial charge >= 0.3 is 0 Å². The van der Waals surface area contributed by atoms with Gasteiger partial charge in [0.05, 0.1) is 18.1 Å². The summed E-state index contributed by atoms with van der Waals surface area (Å²) >= 11 is 0. The molecule has 0 radical (unpaired) electrons. The van der Waals surface area contributed by atoms with Crippen LogP contribution in [0.5, 0.6) is 5.75 Å². The molecule has 0 fully saturated rings. The number of likely N-dealkylation sites (N-methyl/N-ethyl adjacent to an activating group) is 1. The Morgan fingerprint density at radius 3 is 2.64 bits per heavy atom. The van der Waals surface area contributed by atoms with Crippen LogP contribution in [0, 0.1) is 10.1 Å². The van der Waals surface area contributed by atoms with Crippen LogP contribution in [-0.2, 0) is 0 Å². The smallest absolute Gasteiger partial charge is 0.293 e. The van der Waals surface area contributed by atoms with Crippen molar-refractivity contribution in [1.82, 2.24) is 4.90 Å². The van der Waals surface area contributed by atoms with Crippen LogP contribution in [0.3, 0.4) is 0 Å². The van der Waals surface area contributed by atoms with Crippen LogP contribution in [0.4, 0.5) is 11.4 Å². The van der Waals surface area contributed by atoms with Gasteiger partial charge in [-0.25, -0.2) is 0 Å². The molecular weight excluding hydrogens is 322 g/mol. The Balaban J connectivity index is 2.24. The second kappa shape index (κ2) is 8.25. The Hall–Kier alpha value is -2.93. The number of nitro groups is 1. The predicted molar refractivity (Wildman–Crippen MR) is 96.4 cm³/mol. The lowest BCUT2D eigenvalue weighted by Gasteiger charge is -2.26. The molecule has 0 spiro atoms. The summed E-state index contributed by atoms with van der Waals surface area (Å²) in [6.07, 6.45) is 0.593. The molecule has 2 aromatic rings. The average Bonchev–Trinajstić information content (AvgIpc) is 2.61. The first-order chi connectivity index (χ1) is 12.0. The molecule has 132 valence electrons. The van der Waals surface area contributed by atoms with E-state index < -0.39 is 4.92 Å². The van der Waals surface area contributed by atoms with Crippen molar-refractivity contribution in [3.8, 4) is 5.75 Å². The zero-order valence-corrected chi connectivity index (χ0v) is 14.4. The second-order valence-corrected chi connectivity index (χ2v) is 5.79. The zero-order chi connectivity index (χ0) is 18.4. The second-order valence-electron chi connectivity index (χ2n) is 5.79. The summed E-state index contributed by atoms with van der Waals surface area (Å²) in [6.45, 7) is 0.460. The molecule has 1 N–H and O–H groups in total. The van der Waals surface area contributed by atoms with Crippen molar-refractivity contribution >= 4 is 17.7 Å². The van der Waals surface area contributed by atoms with Crippen LogP contribution in [0.1, 0.15) is 22.0 Å². The maximum absolute atomic E-state index is 11.2. The Morgan fingerprint density at radius 2 is 2.04 bits per heavy atom. The number of anilines is 1. The van der Waals surface area contributed by atoms with Gasteiger partial charge in [-0.15, -0.1) is 0 Å². The highest BCUT2D eigenvalue weighted by atomic mass is 16.6. The minimum atomic E-state index is -0.494. The van der Waals surface area contributed by atoms with E-state index in [-0.39, 0.29) is 17.3 Å². The van der Waals surface area contributed by atoms with Crippen LogP contribution >= 0.6 is 0 Å². The lowest BCUT2D eigenvalue weighted by atomic mass is 10.1.